The van der Waals surface area contributed by atoms with Gasteiger partial charge in [0.05, 0.1) is 17.7 Å². The molecule has 16 heavy (non-hydrogen) atoms. The SMILES string of the molecule is COc1c(Cl)cc(C)c(C(=O)CCN)c1O. The van der Waals surface area contributed by atoms with Crippen LogP contribution in [-0.4, -0.2) is 24.5 Å². The number of phenolic OH excluding ortho intramolecular Hbond substituents is 1. The lowest BCUT2D eigenvalue weighted by Crippen LogP contribution is -2.10. The number of rotatable bonds is 4. The minimum absolute atomic E-state index is 0.118. The molecule has 0 amide bonds. The smallest absolute Gasteiger partial charge is 0.179 e. The summed E-state index contributed by atoms with van der Waals surface area (Å²) in [5.74, 6) is -0.314. The summed E-state index contributed by atoms with van der Waals surface area (Å²) in [6, 6.07) is 1.59. The van der Waals surface area contributed by atoms with Gasteiger partial charge in [0.15, 0.2) is 17.3 Å². The van der Waals surface area contributed by atoms with Crippen molar-refractivity contribution in [2.75, 3.05) is 13.7 Å². The van der Waals surface area contributed by atoms with Crippen molar-refractivity contribution >= 4 is 17.4 Å². The first-order valence-corrected chi connectivity index (χ1v) is 5.20. The predicted molar refractivity (Wildman–Crippen MR) is 62.4 cm³/mol. The summed E-state index contributed by atoms with van der Waals surface area (Å²) in [6.07, 6.45) is 0.180. The zero-order chi connectivity index (χ0) is 12.3. The summed E-state index contributed by atoms with van der Waals surface area (Å²) in [4.78, 5) is 11.7. The van der Waals surface area contributed by atoms with Crippen molar-refractivity contribution in [2.24, 2.45) is 5.73 Å². The summed E-state index contributed by atoms with van der Waals surface area (Å²) >= 11 is 5.87. The van der Waals surface area contributed by atoms with Gasteiger partial charge in [-0.3, -0.25) is 4.79 Å². The highest BCUT2D eigenvalue weighted by Crippen LogP contribution is 2.39. The van der Waals surface area contributed by atoms with Gasteiger partial charge in [-0.05, 0) is 25.1 Å². The van der Waals surface area contributed by atoms with E-state index in [1.54, 1.807) is 13.0 Å². The Labute approximate surface area is 99.0 Å². The first-order valence-electron chi connectivity index (χ1n) is 4.82. The molecule has 88 valence electrons. The monoisotopic (exact) mass is 243 g/mol. The Kier molecular flexibility index (Phi) is 4.15. The van der Waals surface area contributed by atoms with E-state index < -0.39 is 0 Å². The second-order valence-electron chi connectivity index (χ2n) is 3.39. The zero-order valence-corrected chi connectivity index (χ0v) is 9.97. The fourth-order valence-electron chi connectivity index (χ4n) is 1.54. The number of hydrogen-bond donors (Lipinski definition) is 2. The van der Waals surface area contributed by atoms with Crippen LogP contribution in [0.25, 0.3) is 0 Å². The molecule has 3 N–H and O–H groups in total. The molecule has 0 radical (unpaired) electrons. The van der Waals surface area contributed by atoms with E-state index in [4.69, 9.17) is 22.1 Å². The zero-order valence-electron chi connectivity index (χ0n) is 9.21. The fourth-order valence-corrected chi connectivity index (χ4v) is 1.87. The van der Waals surface area contributed by atoms with Crippen LogP contribution >= 0.6 is 11.6 Å². The van der Waals surface area contributed by atoms with Crippen LogP contribution in [0, 0.1) is 6.92 Å². The van der Waals surface area contributed by atoms with E-state index in [0.29, 0.717) is 5.56 Å². The molecule has 0 saturated carbocycles. The molecule has 0 spiro atoms. The highest BCUT2D eigenvalue weighted by atomic mass is 35.5. The van der Waals surface area contributed by atoms with Gasteiger partial charge in [-0.25, -0.2) is 0 Å². The normalized spacial score (nSPS) is 10.2. The standard InChI is InChI=1S/C11H14ClNO3/c1-6-5-7(12)11(16-2)10(15)9(6)8(14)3-4-13/h5,15H,3-4,13H2,1-2H3. The number of ether oxygens (including phenoxy) is 1. The minimum atomic E-state index is -0.217. The molecule has 1 rings (SSSR count). The maximum absolute atomic E-state index is 11.7. The van der Waals surface area contributed by atoms with Crippen LogP contribution in [0.15, 0.2) is 6.07 Å². The number of aryl methyl sites for hydroxylation is 1. The van der Waals surface area contributed by atoms with Crippen LogP contribution in [0.2, 0.25) is 5.02 Å². The molecule has 0 aliphatic carbocycles. The van der Waals surface area contributed by atoms with E-state index in [1.165, 1.54) is 7.11 Å². The van der Waals surface area contributed by atoms with Gasteiger partial charge >= 0.3 is 0 Å². The number of hydrogen-bond acceptors (Lipinski definition) is 4. The van der Waals surface area contributed by atoms with E-state index in [1.807, 2.05) is 0 Å². The van der Waals surface area contributed by atoms with Gasteiger partial charge in [0, 0.05) is 6.42 Å². The number of carbonyl (C=O) groups is 1. The third-order valence-electron chi connectivity index (χ3n) is 2.26. The van der Waals surface area contributed by atoms with Gasteiger partial charge in [-0.15, -0.1) is 0 Å². The van der Waals surface area contributed by atoms with Crippen LogP contribution in [0.5, 0.6) is 11.5 Å². The van der Waals surface area contributed by atoms with Crippen molar-refractivity contribution < 1.29 is 14.6 Å². The van der Waals surface area contributed by atoms with E-state index in [-0.39, 0.29) is 40.8 Å². The Balaban J connectivity index is 3.33. The quantitative estimate of drug-likeness (QED) is 0.793. The molecule has 1 aromatic rings. The second-order valence-corrected chi connectivity index (χ2v) is 3.80. The second kappa shape index (κ2) is 5.18. The van der Waals surface area contributed by atoms with Gasteiger partial charge in [0.25, 0.3) is 0 Å². The van der Waals surface area contributed by atoms with Gasteiger partial charge < -0.3 is 15.6 Å². The third kappa shape index (κ3) is 2.28. The maximum atomic E-state index is 11.7. The van der Waals surface area contributed by atoms with E-state index in [9.17, 15) is 9.90 Å². The molecule has 1 aromatic carbocycles. The molecular weight excluding hydrogens is 230 g/mol. The van der Waals surface area contributed by atoms with E-state index in [0.717, 1.165) is 0 Å². The van der Waals surface area contributed by atoms with Gasteiger partial charge in [-0.2, -0.15) is 0 Å². The molecule has 0 atom stereocenters. The summed E-state index contributed by atoms with van der Waals surface area (Å²) in [5, 5.41) is 10.2. The predicted octanol–water partition coefficient (Wildman–Crippen LogP) is 1.89. The highest BCUT2D eigenvalue weighted by Gasteiger charge is 2.20. The van der Waals surface area contributed by atoms with Gasteiger partial charge in [-0.1, -0.05) is 11.6 Å². The van der Waals surface area contributed by atoms with Gasteiger partial charge in [0.1, 0.15) is 0 Å². The molecule has 0 fully saturated rings. The molecule has 0 heterocycles. The van der Waals surface area contributed by atoms with Crippen molar-refractivity contribution in [1.82, 2.24) is 0 Å². The topological polar surface area (TPSA) is 72.5 Å². The molecule has 0 aliphatic rings. The number of ketones is 1. The first kappa shape index (κ1) is 12.8. The summed E-state index contributed by atoms with van der Waals surface area (Å²) in [6.45, 7) is 1.94. The van der Waals surface area contributed by atoms with E-state index in [2.05, 4.69) is 0 Å². The van der Waals surface area contributed by atoms with Crippen LogP contribution in [0.4, 0.5) is 0 Å². The number of methoxy groups -OCH3 is 1. The largest absolute Gasteiger partial charge is 0.504 e. The molecule has 0 unspecified atom stereocenters. The molecule has 5 heteroatoms. The molecule has 0 saturated heterocycles. The summed E-state index contributed by atoms with van der Waals surface area (Å²) < 4.78 is 4.93. The van der Waals surface area contributed by atoms with E-state index >= 15 is 0 Å². The third-order valence-corrected chi connectivity index (χ3v) is 2.54. The Bertz CT molecular complexity index is 418. The Hall–Kier alpha value is -1.26. The lowest BCUT2D eigenvalue weighted by atomic mass is 10.0. The first-order chi connectivity index (χ1) is 7.52. The number of benzene rings is 1. The minimum Gasteiger partial charge on any atom is -0.504 e. The lowest BCUT2D eigenvalue weighted by Gasteiger charge is -2.12. The van der Waals surface area contributed by atoms with Crippen LogP contribution in [0.3, 0.4) is 0 Å². The van der Waals surface area contributed by atoms with Crippen LogP contribution < -0.4 is 10.5 Å². The molecule has 0 aromatic heterocycles. The number of carbonyl (C=O) groups excluding carboxylic acids is 1. The summed E-state index contributed by atoms with van der Waals surface area (Å²) in [5.41, 5.74) is 6.15. The van der Waals surface area contributed by atoms with Crippen LogP contribution in [0.1, 0.15) is 22.3 Å². The molecular formula is C11H14ClNO3. The average molecular weight is 244 g/mol. The number of halogens is 1. The number of aromatic hydroxyl groups is 1. The molecule has 4 nitrogen and oxygen atoms in total. The summed E-state index contributed by atoms with van der Waals surface area (Å²) in [7, 11) is 1.38. The number of Topliss-reactive ketones (excluding diaryl/α,β-unsaturated/α-hetero) is 1. The Morgan fingerprint density at radius 3 is 2.75 bits per heavy atom. The van der Waals surface area contributed by atoms with Crippen molar-refractivity contribution in [1.29, 1.82) is 0 Å². The Morgan fingerprint density at radius 1 is 1.62 bits per heavy atom. The maximum Gasteiger partial charge on any atom is 0.179 e. The average Bonchev–Trinajstić information content (AvgIpc) is 2.17. The van der Waals surface area contributed by atoms with Gasteiger partial charge in [0.2, 0.25) is 0 Å². The van der Waals surface area contributed by atoms with Crippen molar-refractivity contribution in [2.45, 2.75) is 13.3 Å². The number of phenols is 1. The number of nitrogens with two attached hydrogens (primary N) is 1. The fraction of sp³-hybridized carbons (Fsp3) is 0.364. The van der Waals surface area contributed by atoms with Crippen molar-refractivity contribution in [3.05, 3.63) is 22.2 Å². The highest BCUT2D eigenvalue weighted by molar-refractivity contribution is 6.32. The van der Waals surface area contributed by atoms with Crippen molar-refractivity contribution in [3.8, 4) is 11.5 Å². The molecule has 0 aliphatic heterocycles. The lowest BCUT2D eigenvalue weighted by molar-refractivity contribution is 0.0981. The molecule has 0 bridgehead atoms. The Morgan fingerprint density at radius 2 is 2.25 bits per heavy atom. The van der Waals surface area contributed by atoms with Crippen LogP contribution in [-0.2, 0) is 0 Å². The van der Waals surface area contributed by atoms with Crippen molar-refractivity contribution in [3.63, 3.8) is 0 Å².